The third-order valence-corrected chi connectivity index (χ3v) is 7.24. The molecule has 0 amide bonds. The number of benzene rings is 1. The molecule has 28 heavy (non-hydrogen) atoms. The largest absolute Gasteiger partial charge is 0.493 e. The molecule has 7 heteroatoms. The molecule has 1 aromatic rings. The summed E-state index contributed by atoms with van der Waals surface area (Å²) in [5.74, 6) is 4.10. The van der Waals surface area contributed by atoms with Gasteiger partial charge in [0.05, 0.1) is 21.3 Å². The molecule has 1 aliphatic carbocycles. The molecule has 0 bridgehead atoms. The van der Waals surface area contributed by atoms with E-state index in [1.54, 1.807) is 21.3 Å². The first-order valence-corrected chi connectivity index (χ1v) is 11.0. The van der Waals surface area contributed by atoms with Crippen molar-refractivity contribution in [3.05, 3.63) is 17.7 Å². The predicted octanol–water partition coefficient (Wildman–Crippen LogP) is 3.54. The Bertz CT molecular complexity index is 659. The van der Waals surface area contributed by atoms with Crippen molar-refractivity contribution in [2.45, 2.75) is 43.4 Å². The predicted molar refractivity (Wildman–Crippen MR) is 116 cm³/mol. The van der Waals surface area contributed by atoms with E-state index >= 15 is 0 Å². The molecule has 1 spiro atoms. The highest BCUT2D eigenvalue weighted by Gasteiger charge is 2.38. The normalized spacial score (nSPS) is 19.4. The van der Waals surface area contributed by atoms with Crippen LogP contribution in [-0.4, -0.2) is 62.8 Å². The molecule has 0 radical (unpaired) electrons. The Labute approximate surface area is 173 Å². The molecule has 6 nitrogen and oxygen atoms in total. The molecule has 1 aliphatic heterocycles. The van der Waals surface area contributed by atoms with E-state index in [2.05, 4.69) is 27.0 Å². The Balaban J connectivity index is 1.68. The zero-order valence-corrected chi connectivity index (χ0v) is 18.4. The number of rotatable bonds is 5. The summed E-state index contributed by atoms with van der Waals surface area (Å²) < 4.78 is 16.8. The molecule has 1 saturated heterocycles. The van der Waals surface area contributed by atoms with Gasteiger partial charge in [-0.3, -0.25) is 4.99 Å². The lowest BCUT2D eigenvalue weighted by atomic mass is 9.87. The van der Waals surface area contributed by atoms with Gasteiger partial charge in [0.25, 0.3) is 0 Å². The van der Waals surface area contributed by atoms with Crippen LogP contribution in [-0.2, 0) is 6.54 Å². The number of ether oxygens (including phenoxy) is 3. The van der Waals surface area contributed by atoms with Gasteiger partial charge < -0.3 is 24.4 Å². The Morgan fingerprint density at radius 2 is 1.79 bits per heavy atom. The van der Waals surface area contributed by atoms with E-state index in [0.29, 0.717) is 28.5 Å². The lowest BCUT2D eigenvalue weighted by Gasteiger charge is -2.45. The third kappa shape index (κ3) is 4.62. The van der Waals surface area contributed by atoms with Crippen molar-refractivity contribution in [1.29, 1.82) is 0 Å². The van der Waals surface area contributed by atoms with Crippen LogP contribution >= 0.6 is 11.8 Å². The maximum atomic E-state index is 5.47. The number of nitrogens with one attached hydrogen (secondary N) is 1. The van der Waals surface area contributed by atoms with Crippen LogP contribution in [0.3, 0.4) is 0 Å². The number of thioether (sulfide) groups is 1. The standard InChI is InChI=1S/C21H33N3O3S/c1-22-20(24-10-11-28-21(15-24)8-6-5-7-9-21)23-14-16-12-17(25-2)19(27-4)18(13-16)26-3/h12-13H,5-11,14-15H2,1-4H3,(H,22,23). The molecule has 1 saturated carbocycles. The quantitative estimate of drug-likeness (QED) is 0.595. The molecule has 2 aliphatic rings. The number of nitrogens with zero attached hydrogens (tertiary/aromatic N) is 2. The Morgan fingerprint density at radius 1 is 1.11 bits per heavy atom. The minimum atomic E-state index is 0.417. The van der Waals surface area contributed by atoms with Crippen molar-refractivity contribution in [3.8, 4) is 17.2 Å². The van der Waals surface area contributed by atoms with Gasteiger partial charge in [-0.05, 0) is 30.5 Å². The highest BCUT2D eigenvalue weighted by Crippen LogP contribution is 2.43. The summed E-state index contributed by atoms with van der Waals surface area (Å²) in [6.07, 6.45) is 6.77. The minimum absolute atomic E-state index is 0.417. The lowest BCUT2D eigenvalue weighted by Crippen LogP contribution is -2.53. The topological polar surface area (TPSA) is 55.3 Å². The Hall–Kier alpha value is -1.76. The Morgan fingerprint density at radius 3 is 2.36 bits per heavy atom. The van der Waals surface area contributed by atoms with Crippen LogP contribution in [0.25, 0.3) is 0 Å². The van der Waals surface area contributed by atoms with Crippen molar-refractivity contribution >= 4 is 17.7 Å². The third-order valence-electron chi connectivity index (χ3n) is 5.70. The summed E-state index contributed by atoms with van der Waals surface area (Å²) >= 11 is 2.18. The smallest absolute Gasteiger partial charge is 0.203 e. The Kier molecular flexibility index (Phi) is 7.21. The van der Waals surface area contributed by atoms with Gasteiger partial charge in [0.2, 0.25) is 5.75 Å². The molecular formula is C21H33N3O3S. The molecule has 156 valence electrons. The molecular weight excluding hydrogens is 374 g/mol. The van der Waals surface area contributed by atoms with Gasteiger partial charge in [-0.1, -0.05) is 19.3 Å². The van der Waals surface area contributed by atoms with Crippen molar-refractivity contribution in [2.24, 2.45) is 4.99 Å². The van der Waals surface area contributed by atoms with E-state index in [-0.39, 0.29) is 0 Å². The summed E-state index contributed by atoms with van der Waals surface area (Å²) in [4.78, 5) is 6.99. The van der Waals surface area contributed by atoms with Gasteiger partial charge in [-0.2, -0.15) is 11.8 Å². The number of guanidine groups is 1. The van der Waals surface area contributed by atoms with Gasteiger partial charge in [0.15, 0.2) is 17.5 Å². The van der Waals surface area contributed by atoms with Crippen molar-refractivity contribution < 1.29 is 14.2 Å². The van der Waals surface area contributed by atoms with Crippen LogP contribution in [0.15, 0.2) is 17.1 Å². The molecule has 2 fully saturated rings. The monoisotopic (exact) mass is 407 g/mol. The second kappa shape index (κ2) is 9.63. The van der Waals surface area contributed by atoms with Crippen LogP contribution in [0, 0.1) is 0 Å². The van der Waals surface area contributed by atoms with E-state index in [1.165, 1.54) is 37.9 Å². The first kappa shape index (κ1) is 21.0. The highest BCUT2D eigenvalue weighted by molar-refractivity contribution is 8.00. The number of hydrogen-bond donors (Lipinski definition) is 1. The molecule has 0 aromatic heterocycles. The molecule has 3 rings (SSSR count). The summed E-state index contributed by atoms with van der Waals surface area (Å²) in [6, 6.07) is 3.96. The average Bonchev–Trinajstić information content (AvgIpc) is 2.74. The van der Waals surface area contributed by atoms with Crippen LogP contribution in [0.2, 0.25) is 0 Å². The SMILES string of the molecule is CN=C(NCc1cc(OC)c(OC)c(OC)c1)N1CCSC2(CCCCC2)C1. The van der Waals surface area contributed by atoms with E-state index in [9.17, 15) is 0 Å². The average molecular weight is 408 g/mol. The summed E-state index contributed by atoms with van der Waals surface area (Å²) in [5, 5.41) is 3.53. The summed E-state index contributed by atoms with van der Waals surface area (Å²) in [6.45, 7) is 2.79. The fourth-order valence-electron chi connectivity index (χ4n) is 4.28. The van der Waals surface area contributed by atoms with Gasteiger partial charge in [-0.15, -0.1) is 0 Å². The maximum absolute atomic E-state index is 5.47. The first-order valence-electron chi connectivity index (χ1n) is 10.0. The van der Waals surface area contributed by atoms with E-state index < -0.39 is 0 Å². The summed E-state index contributed by atoms with van der Waals surface area (Å²) in [7, 11) is 6.77. The fourth-order valence-corrected chi connectivity index (χ4v) is 5.84. The van der Waals surface area contributed by atoms with Gasteiger partial charge in [0, 0.05) is 37.2 Å². The summed E-state index contributed by atoms with van der Waals surface area (Å²) in [5.41, 5.74) is 1.06. The van der Waals surface area contributed by atoms with E-state index in [4.69, 9.17) is 14.2 Å². The van der Waals surface area contributed by atoms with E-state index in [1.807, 2.05) is 19.2 Å². The molecule has 0 atom stereocenters. The van der Waals surface area contributed by atoms with Crippen molar-refractivity contribution in [1.82, 2.24) is 10.2 Å². The van der Waals surface area contributed by atoms with Crippen LogP contribution in [0.5, 0.6) is 17.2 Å². The van der Waals surface area contributed by atoms with Crippen molar-refractivity contribution in [2.75, 3.05) is 47.2 Å². The highest BCUT2D eigenvalue weighted by atomic mass is 32.2. The number of methoxy groups -OCH3 is 3. The van der Waals surface area contributed by atoms with Crippen LogP contribution < -0.4 is 19.5 Å². The zero-order valence-electron chi connectivity index (χ0n) is 17.5. The van der Waals surface area contributed by atoms with Crippen LogP contribution in [0.1, 0.15) is 37.7 Å². The molecule has 0 unspecified atom stereocenters. The molecule has 1 aromatic carbocycles. The lowest BCUT2D eigenvalue weighted by molar-refractivity contribution is 0.293. The second-order valence-electron chi connectivity index (χ2n) is 7.45. The van der Waals surface area contributed by atoms with Crippen molar-refractivity contribution in [3.63, 3.8) is 0 Å². The number of hydrogen-bond acceptors (Lipinski definition) is 5. The van der Waals surface area contributed by atoms with Gasteiger partial charge in [0.1, 0.15) is 0 Å². The first-order chi connectivity index (χ1) is 13.6. The zero-order chi connectivity index (χ0) is 20.0. The fraction of sp³-hybridized carbons (Fsp3) is 0.667. The minimum Gasteiger partial charge on any atom is -0.493 e. The van der Waals surface area contributed by atoms with Crippen LogP contribution in [0.4, 0.5) is 0 Å². The molecule has 1 heterocycles. The van der Waals surface area contributed by atoms with Gasteiger partial charge >= 0.3 is 0 Å². The second-order valence-corrected chi connectivity index (χ2v) is 9.01. The molecule has 1 N–H and O–H groups in total. The van der Waals surface area contributed by atoms with E-state index in [0.717, 1.165) is 24.6 Å². The number of aliphatic imine (C=N–C) groups is 1. The maximum Gasteiger partial charge on any atom is 0.203 e. The van der Waals surface area contributed by atoms with Gasteiger partial charge in [-0.25, -0.2) is 0 Å².